The van der Waals surface area contributed by atoms with Crippen LogP contribution in [-0.4, -0.2) is 69.9 Å². The molecule has 1 aromatic rings. The smallest absolute Gasteiger partial charge is 0.410 e. The minimum Gasteiger partial charge on any atom is -0.471 e. The summed E-state index contributed by atoms with van der Waals surface area (Å²) in [6, 6.07) is 3.55. The largest absolute Gasteiger partial charge is 0.471 e. The van der Waals surface area contributed by atoms with Crippen LogP contribution in [0.4, 0.5) is 4.79 Å². The van der Waals surface area contributed by atoms with E-state index < -0.39 is 5.60 Å². The molecule has 1 aromatic heterocycles. The van der Waals surface area contributed by atoms with Crippen molar-refractivity contribution in [2.24, 2.45) is 5.92 Å². The molecule has 28 heavy (non-hydrogen) atoms. The summed E-state index contributed by atoms with van der Waals surface area (Å²) in [6.07, 6.45) is 4.55. The van der Waals surface area contributed by atoms with E-state index >= 15 is 0 Å². The quantitative estimate of drug-likeness (QED) is 0.788. The Kier molecular flexibility index (Phi) is 6.36. The number of likely N-dealkylation sites (tertiary alicyclic amines) is 2. The molecular formula is C20H30N4O4. The first-order valence-electron chi connectivity index (χ1n) is 10.0. The van der Waals surface area contributed by atoms with Crippen LogP contribution < -0.4 is 4.74 Å². The van der Waals surface area contributed by atoms with Crippen LogP contribution in [-0.2, 0) is 9.53 Å². The highest BCUT2D eigenvalue weighted by Gasteiger charge is 2.35. The molecule has 154 valence electrons. The van der Waals surface area contributed by atoms with Crippen molar-refractivity contribution in [1.29, 1.82) is 0 Å². The van der Waals surface area contributed by atoms with Crippen molar-refractivity contribution in [2.45, 2.75) is 58.2 Å². The van der Waals surface area contributed by atoms with E-state index in [-0.39, 0.29) is 24.0 Å². The SMILES string of the molecule is CC(C)(C)OC(=O)N1CCCC(C(=O)N2CCCC(Oc3cccnn3)C2)C1. The van der Waals surface area contributed by atoms with E-state index in [1.807, 2.05) is 25.7 Å². The maximum absolute atomic E-state index is 13.1. The highest BCUT2D eigenvalue weighted by Crippen LogP contribution is 2.24. The molecule has 0 radical (unpaired) electrons. The molecule has 2 aliphatic heterocycles. The van der Waals surface area contributed by atoms with Gasteiger partial charge in [-0.2, -0.15) is 5.10 Å². The molecule has 3 rings (SSSR count). The van der Waals surface area contributed by atoms with Crippen LogP contribution in [0.5, 0.6) is 5.88 Å². The third-order valence-electron chi connectivity index (χ3n) is 4.95. The van der Waals surface area contributed by atoms with Crippen molar-refractivity contribution in [1.82, 2.24) is 20.0 Å². The summed E-state index contributed by atoms with van der Waals surface area (Å²) in [6.45, 7) is 7.87. The average molecular weight is 390 g/mol. The maximum atomic E-state index is 13.1. The third kappa shape index (κ3) is 5.56. The van der Waals surface area contributed by atoms with Gasteiger partial charge in [-0.05, 0) is 52.5 Å². The second-order valence-corrected chi connectivity index (χ2v) is 8.49. The molecule has 2 saturated heterocycles. The minimum absolute atomic E-state index is 0.0834. The fourth-order valence-electron chi connectivity index (χ4n) is 3.68. The van der Waals surface area contributed by atoms with Gasteiger partial charge in [0.1, 0.15) is 11.7 Å². The first kappa shape index (κ1) is 20.4. The van der Waals surface area contributed by atoms with E-state index in [0.29, 0.717) is 25.5 Å². The molecule has 0 aromatic carbocycles. The van der Waals surface area contributed by atoms with Gasteiger partial charge in [-0.15, -0.1) is 5.10 Å². The summed E-state index contributed by atoms with van der Waals surface area (Å²) >= 11 is 0. The van der Waals surface area contributed by atoms with Crippen molar-refractivity contribution in [3.63, 3.8) is 0 Å². The Hall–Kier alpha value is -2.38. The van der Waals surface area contributed by atoms with Crippen LogP contribution in [0.3, 0.4) is 0 Å². The molecule has 8 nitrogen and oxygen atoms in total. The van der Waals surface area contributed by atoms with Crippen LogP contribution in [0, 0.1) is 5.92 Å². The lowest BCUT2D eigenvalue weighted by molar-refractivity contribution is -0.139. The van der Waals surface area contributed by atoms with E-state index in [9.17, 15) is 9.59 Å². The molecular weight excluding hydrogens is 360 g/mol. The van der Waals surface area contributed by atoms with E-state index in [1.165, 1.54) is 0 Å². The molecule has 2 aliphatic rings. The second-order valence-electron chi connectivity index (χ2n) is 8.49. The van der Waals surface area contributed by atoms with Gasteiger partial charge < -0.3 is 19.3 Å². The molecule has 0 N–H and O–H groups in total. The van der Waals surface area contributed by atoms with Gasteiger partial charge in [0.15, 0.2) is 0 Å². The van der Waals surface area contributed by atoms with E-state index in [1.54, 1.807) is 23.2 Å². The summed E-state index contributed by atoms with van der Waals surface area (Å²) < 4.78 is 11.3. The fourth-order valence-corrected chi connectivity index (χ4v) is 3.68. The minimum atomic E-state index is -0.536. The predicted molar refractivity (Wildman–Crippen MR) is 103 cm³/mol. The lowest BCUT2D eigenvalue weighted by Gasteiger charge is -2.38. The zero-order valence-electron chi connectivity index (χ0n) is 17.0. The zero-order valence-corrected chi connectivity index (χ0v) is 17.0. The van der Waals surface area contributed by atoms with Gasteiger partial charge in [-0.1, -0.05) is 0 Å². The van der Waals surface area contributed by atoms with Gasteiger partial charge in [0, 0.05) is 31.9 Å². The number of hydrogen-bond acceptors (Lipinski definition) is 6. The third-order valence-corrected chi connectivity index (χ3v) is 4.95. The fraction of sp³-hybridized carbons (Fsp3) is 0.700. The number of amides is 2. The van der Waals surface area contributed by atoms with E-state index in [0.717, 1.165) is 32.2 Å². The number of nitrogens with zero attached hydrogens (tertiary/aromatic N) is 4. The molecule has 0 saturated carbocycles. The normalized spacial score (nSPS) is 23.2. The van der Waals surface area contributed by atoms with Gasteiger partial charge in [0.05, 0.1) is 12.5 Å². The van der Waals surface area contributed by atoms with Gasteiger partial charge in [-0.3, -0.25) is 4.79 Å². The summed E-state index contributed by atoms with van der Waals surface area (Å²) in [5.74, 6) is 0.396. The number of carbonyl (C=O) groups excluding carboxylic acids is 2. The monoisotopic (exact) mass is 390 g/mol. The van der Waals surface area contributed by atoms with Gasteiger partial charge >= 0.3 is 6.09 Å². The van der Waals surface area contributed by atoms with Crippen molar-refractivity contribution in [3.05, 3.63) is 18.3 Å². The number of piperidine rings is 2. The number of ether oxygens (including phenoxy) is 2. The van der Waals surface area contributed by atoms with Crippen LogP contribution in [0.25, 0.3) is 0 Å². The van der Waals surface area contributed by atoms with E-state index in [4.69, 9.17) is 9.47 Å². The predicted octanol–water partition coefficient (Wildman–Crippen LogP) is 2.49. The number of aromatic nitrogens is 2. The molecule has 2 fully saturated rings. The Balaban J connectivity index is 1.56. The highest BCUT2D eigenvalue weighted by molar-refractivity contribution is 5.80. The van der Waals surface area contributed by atoms with Crippen molar-refractivity contribution < 1.29 is 19.1 Å². The lowest BCUT2D eigenvalue weighted by atomic mass is 9.95. The Bertz CT molecular complexity index is 677. The first-order chi connectivity index (χ1) is 13.3. The summed E-state index contributed by atoms with van der Waals surface area (Å²) in [5.41, 5.74) is -0.536. The van der Waals surface area contributed by atoms with Crippen molar-refractivity contribution >= 4 is 12.0 Å². The summed E-state index contributed by atoms with van der Waals surface area (Å²) in [7, 11) is 0. The van der Waals surface area contributed by atoms with Crippen LogP contribution in [0.15, 0.2) is 18.3 Å². The number of hydrogen-bond donors (Lipinski definition) is 0. The molecule has 2 amide bonds. The molecule has 0 aliphatic carbocycles. The first-order valence-corrected chi connectivity index (χ1v) is 10.0. The Morgan fingerprint density at radius 1 is 1.11 bits per heavy atom. The van der Waals surface area contributed by atoms with Crippen molar-refractivity contribution in [2.75, 3.05) is 26.2 Å². The molecule has 8 heteroatoms. The molecule has 2 atom stereocenters. The van der Waals surface area contributed by atoms with Gasteiger partial charge in [-0.25, -0.2) is 4.79 Å². The standard InChI is InChI=1S/C20H30N4O4/c1-20(2,3)28-19(26)24-12-5-7-15(13-24)18(25)23-11-6-8-16(14-23)27-17-9-4-10-21-22-17/h4,9-10,15-16H,5-8,11-14H2,1-3H3. The Morgan fingerprint density at radius 3 is 2.57 bits per heavy atom. The Morgan fingerprint density at radius 2 is 1.86 bits per heavy atom. The summed E-state index contributed by atoms with van der Waals surface area (Å²) in [4.78, 5) is 29.0. The van der Waals surface area contributed by atoms with Crippen LogP contribution in [0.2, 0.25) is 0 Å². The molecule has 0 bridgehead atoms. The van der Waals surface area contributed by atoms with Gasteiger partial charge in [0.25, 0.3) is 0 Å². The lowest BCUT2D eigenvalue weighted by Crippen LogP contribution is -2.51. The zero-order chi connectivity index (χ0) is 20.1. The van der Waals surface area contributed by atoms with Gasteiger partial charge in [0.2, 0.25) is 11.8 Å². The summed E-state index contributed by atoms with van der Waals surface area (Å²) in [5, 5.41) is 7.78. The van der Waals surface area contributed by atoms with Crippen LogP contribution in [0.1, 0.15) is 46.5 Å². The maximum Gasteiger partial charge on any atom is 0.410 e. The topological polar surface area (TPSA) is 84.9 Å². The van der Waals surface area contributed by atoms with Crippen LogP contribution >= 0.6 is 0 Å². The number of rotatable bonds is 3. The molecule has 2 unspecified atom stereocenters. The van der Waals surface area contributed by atoms with E-state index in [2.05, 4.69) is 10.2 Å². The number of carbonyl (C=O) groups is 2. The van der Waals surface area contributed by atoms with Crippen molar-refractivity contribution in [3.8, 4) is 5.88 Å². The highest BCUT2D eigenvalue weighted by atomic mass is 16.6. The Labute approximate surface area is 166 Å². The molecule has 3 heterocycles. The molecule has 0 spiro atoms. The average Bonchev–Trinajstić information content (AvgIpc) is 2.67. The second kappa shape index (κ2) is 8.75.